The number of allylic oxidation sites excluding steroid dienone is 2. The summed E-state index contributed by atoms with van der Waals surface area (Å²) >= 11 is 0. The van der Waals surface area contributed by atoms with E-state index in [2.05, 4.69) is 102 Å². The van der Waals surface area contributed by atoms with Gasteiger partial charge < -0.3 is 4.90 Å². The van der Waals surface area contributed by atoms with Crippen molar-refractivity contribution >= 4 is 28.2 Å². The third-order valence-electron chi connectivity index (χ3n) is 5.50. The molecule has 1 aliphatic heterocycles. The Labute approximate surface area is 162 Å². The molecular formula is C25H27N2+. The lowest BCUT2D eigenvalue weighted by Gasteiger charge is -2.31. The second kappa shape index (κ2) is 7.79. The first-order valence-electron chi connectivity index (χ1n) is 9.94. The van der Waals surface area contributed by atoms with Crippen LogP contribution in [0.1, 0.15) is 31.4 Å². The molecule has 27 heavy (non-hydrogen) atoms. The second-order valence-corrected chi connectivity index (χ2v) is 6.97. The lowest BCUT2D eigenvalue weighted by Crippen LogP contribution is -2.32. The van der Waals surface area contributed by atoms with Gasteiger partial charge in [0.2, 0.25) is 5.52 Å². The van der Waals surface area contributed by atoms with Crippen LogP contribution in [0.15, 0.2) is 72.9 Å². The van der Waals surface area contributed by atoms with Crippen LogP contribution in [0.4, 0.5) is 5.69 Å². The predicted molar refractivity (Wildman–Crippen MR) is 116 cm³/mol. The molecule has 4 rings (SSSR count). The molecule has 0 atom stereocenters. The average Bonchev–Trinajstić information content (AvgIpc) is 2.74. The molecule has 0 radical (unpaired) electrons. The molecule has 0 unspecified atom stereocenters. The number of aromatic nitrogens is 1. The maximum absolute atomic E-state index is 2.46. The normalized spacial score (nSPS) is 15.6. The number of benzene rings is 2. The van der Waals surface area contributed by atoms with Gasteiger partial charge in [-0.2, -0.15) is 4.57 Å². The van der Waals surface area contributed by atoms with Crippen molar-refractivity contribution in [3.05, 3.63) is 84.1 Å². The number of nitrogens with zero attached hydrogens (tertiary/aromatic N) is 2. The van der Waals surface area contributed by atoms with Gasteiger partial charge in [0.05, 0.1) is 5.39 Å². The van der Waals surface area contributed by atoms with Gasteiger partial charge in [0.15, 0.2) is 6.20 Å². The number of aryl methyl sites for hydroxylation is 1. The van der Waals surface area contributed by atoms with Gasteiger partial charge in [-0.3, -0.25) is 0 Å². The van der Waals surface area contributed by atoms with Crippen molar-refractivity contribution < 1.29 is 4.57 Å². The topological polar surface area (TPSA) is 7.12 Å². The third-order valence-corrected chi connectivity index (χ3v) is 5.50. The van der Waals surface area contributed by atoms with Gasteiger partial charge in [-0.15, -0.1) is 0 Å². The van der Waals surface area contributed by atoms with Crippen molar-refractivity contribution in [1.29, 1.82) is 0 Å². The summed E-state index contributed by atoms with van der Waals surface area (Å²) in [6.45, 7) is 7.56. The lowest BCUT2D eigenvalue weighted by atomic mass is 9.95. The minimum absolute atomic E-state index is 0.985. The van der Waals surface area contributed by atoms with Crippen molar-refractivity contribution in [2.75, 3.05) is 18.0 Å². The van der Waals surface area contributed by atoms with Crippen molar-refractivity contribution in [1.82, 2.24) is 0 Å². The van der Waals surface area contributed by atoms with E-state index < -0.39 is 0 Å². The molecule has 1 aliphatic rings. The Morgan fingerprint density at radius 3 is 2.67 bits per heavy atom. The lowest BCUT2D eigenvalue weighted by molar-refractivity contribution is -0.667. The van der Waals surface area contributed by atoms with Crippen LogP contribution >= 0.6 is 0 Å². The van der Waals surface area contributed by atoms with Crippen LogP contribution in [0.3, 0.4) is 0 Å². The Morgan fingerprint density at radius 2 is 1.81 bits per heavy atom. The number of hydrogen-bond donors (Lipinski definition) is 0. The average molecular weight is 356 g/mol. The first-order chi connectivity index (χ1) is 13.3. The summed E-state index contributed by atoms with van der Waals surface area (Å²) in [5.41, 5.74) is 6.72. The van der Waals surface area contributed by atoms with E-state index in [4.69, 9.17) is 0 Å². The molecule has 1 aromatic heterocycles. The fourth-order valence-corrected chi connectivity index (χ4v) is 4.03. The summed E-state index contributed by atoms with van der Waals surface area (Å²) in [5.74, 6) is 0. The minimum Gasteiger partial charge on any atom is -0.371 e. The Hall–Kier alpha value is -2.87. The van der Waals surface area contributed by atoms with Crippen molar-refractivity contribution in [2.45, 2.75) is 26.8 Å². The maximum Gasteiger partial charge on any atom is 0.213 e. The fourth-order valence-electron chi connectivity index (χ4n) is 4.03. The second-order valence-electron chi connectivity index (χ2n) is 6.97. The van der Waals surface area contributed by atoms with Crippen LogP contribution in [-0.4, -0.2) is 13.1 Å². The van der Waals surface area contributed by atoms with E-state index in [0.29, 0.717) is 0 Å². The molecule has 0 N–H and O–H groups in total. The molecule has 0 aliphatic carbocycles. The largest absolute Gasteiger partial charge is 0.371 e. The Morgan fingerprint density at radius 1 is 1.00 bits per heavy atom. The van der Waals surface area contributed by atoms with Crippen LogP contribution < -0.4 is 9.47 Å². The van der Waals surface area contributed by atoms with E-state index >= 15 is 0 Å². The highest BCUT2D eigenvalue weighted by molar-refractivity contribution is 5.86. The standard InChI is InChI=1S/C25H27N2/c1-3-26-18-16-20(22-12-5-7-14-24(22)26)10-9-11-21-17-19-27(4-2)25-15-8-6-13-23(21)25/h5-16,18H,3-4,17,19H2,1-2H3/q+1. The first-order valence-corrected chi connectivity index (χ1v) is 9.94. The van der Waals surface area contributed by atoms with Gasteiger partial charge in [-0.05, 0) is 43.5 Å². The van der Waals surface area contributed by atoms with Crippen molar-refractivity contribution in [3.8, 4) is 0 Å². The molecule has 0 bridgehead atoms. The van der Waals surface area contributed by atoms with Crippen LogP contribution in [0, 0.1) is 0 Å². The van der Waals surface area contributed by atoms with E-state index in [0.717, 1.165) is 26.1 Å². The third kappa shape index (κ3) is 3.40. The van der Waals surface area contributed by atoms with Crippen LogP contribution in [-0.2, 0) is 6.54 Å². The summed E-state index contributed by atoms with van der Waals surface area (Å²) in [5, 5.41) is 1.30. The molecular weight excluding hydrogens is 328 g/mol. The van der Waals surface area contributed by atoms with Gasteiger partial charge in [0, 0.05) is 36.5 Å². The van der Waals surface area contributed by atoms with E-state index in [1.165, 1.54) is 33.3 Å². The summed E-state index contributed by atoms with van der Waals surface area (Å²) < 4.78 is 2.29. The molecule has 136 valence electrons. The number of rotatable bonds is 4. The predicted octanol–water partition coefficient (Wildman–Crippen LogP) is 5.47. The Kier molecular flexibility index (Phi) is 5.06. The number of pyridine rings is 1. The molecule has 0 amide bonds. The highest BCUT2D eigenvalue weighted by atomic mass is 15.1. The van der Waals surface area contributed by atoms with E-state index in [1.54, 1.807) is 0 Å². The quantitative estimate of drug-likeness (QED) is 0.563. The monoisotopic (exact) mass is 355 g/mol. The number of fused-ring (bicyclic) bond motifs is 2. The van der Waals surface area contributed by atoms with Gasteiger partial charge in [-0.1, -0.05) is 48.6 Å². The summed E-state index contributed by atoms with van der Waals surface area (Å²) in [4.78, 5) is 2.46. The number of hydrogen-bond acceptors (Lipinski definition) is 1. The Balaban J connectivity index is 1.68. The van der Waals surface area contributed by atoms with E-state index in [1.807, 2.05) is 0 Å². The van der Waals surface area contributed by atoms with Crippen molar-refractivity contribution in [3.63, 3.8) is 0 Å². The Bertz CT molecular complexity index is 1010. The summed E-state index contributed by atoms with van der Waals surface area (Å²) in [6.07, 6.45) is 10.0. The summed E-state index contributed by atoms with van der Waals surface area (Å²) in [6, 6.07) is 19.6. The molecule has 2 heteroatoms. The number of para-hydroxylation sites is 2. The van der Waals surface area contributed by atoms with Crippen LogP contribution in [0.5, 0.6) is 0 Å². The zero-order valence-corrected chi connectivity index (χ0v) is 16.2. The molecule has 0 saturated carbocycles. The minimum atomic E-state index is 0.985. The molecule has 0 fully saturated rings. The molecule has 3 aromatic rings. The van der Waals surface area contributed by atoms with Crippen molar-refractivity contribution in [2.24, 2.45) is 0 Å². The SMILES string of the molecule is CCN1CCC(=CC=Cc2cc[n+](CC)c3ccccc23)c2ccccc21. The van der Waals surface area contributed by atoms with Gasteiger partial charge in [0.1, 0.15) is 6.54 Å². The molecule has 2 heterocycles. The van der Waals surface area contributed by atoms with E-state index in [-0.39, 0.29) is 0 Å². The van der Waals surface area contributed by atoms with Crippen LogP contribution in [0.2, 0.25) is 0 Å². The molecule has 0 spiro atoms. The van der Waals surface area contributed by atoms with E-state index in [9.17, 15) is 0 Å². The number of anilines is 1. The first kappa shape index (κ1) is 17.5. The zero-order chi connectivity index (χ0) is 18.6. The molecule has 0 saturated heterocycles. The van der Waals surface area contributed by atoms with Crippen LogP contribution in [0.25, 0.3) is 22.6 Å². The zero-order valence-electron chi connectivity index (χ0n) is 16.2. The van der Waals surface area contributed by atoms with Gasteiger partial charge in [-0.25, -0.2) is 0 Å². The smallest absolute Gasteiger partial charge is 0.213 e. The maximum atomic E-state index is 2.46. The van der Waals surface area contributed by atoms with Gasteiger partial charge in [0.25, 0.3) is 0 Å². The van der Waals surface area contributed by atoms with Gasteiger partial charge >= 0.3 is 0 Å². The molecule has 2 aromatic carbocycles. The highest BCUT2D eigenvalue weighted by Crippen LogP contribution is 2.34. The fraction of sp³-hybridized carbons (Fsp3) is 0.240. The highest BCUT2D eigenvalue weighted by Gasteiger charge is 2.18. The molecule has 2 nitrogen and oxygen atoms in total. The summed E-state index contributed by atoms with van der Waals surface area (Å²) in [7, 11) is 0.